The summed E-state index contributed by atoms with van der Waals surface area (Å²) < 4.78 is 5.21. The van der Waals surface area contributed by atoms with E-state index in [9.17, 15) is 4.79 Å². The number of carbonyl (C=O) groups excluding carboxylic acids is 1. The van der Waals surface area contributed by atoms with Crippen molar-refractivity contribution in [3.8, 4) is 0 Å². The highest BCUT2D eigenvalue weighted by atomic mass is 16.5. The van der Waals surface area contributed by atoms with Gasteiger partial charge in [0.15, 0.2) is 0 Å². The molecule has 1 rings (SSSR count). The van der Waals surface area contributed by atoms with E-state index < -0.39 is 0 Å². The van der Waals surface area contributed by atoms with Crippen molar-refractivity contribution >= 4 is 5.97 Å². The van der Waals surface area contributed by atoms with Gasteiger partial charge in [-0.1, -0.05) is 70.6 Å². The van der Waals surface area contributed by atoms with Crippen LogP contribution in [0.15, 0.2) is 0 Å². The fourth-order valence-corrected chi connectivity index (χ4v) is 3.01. The molecule has 0 amide bonds. The molecule has 0 heterocycles. The van der Waals surface area contributed by atoms with E-state index in [1.807, 2.05) is 6.92 Å². The molecule has 0 bridgehead atoms. The zero-order chi connectivity index (χ0) is 13.8. The van der Waals surface area contributed by atoms with Gasteiger partial charge in [0.2, 0.25) is 0 Å². The highest BCUT2D eigenvalue weighted by Crippen LogP contribution is 2.21. The van der Waals surface area contributed by atoms with Gasteiger partial charge in [-0.3, -0.25) is 4.79 Å². The second-order valence-electron chi connectivity index (χ2n) is 5.92. The summed E-state index contributed by atoms with van der Waals surface area (Å²) >= 11 is 0. The average molecular weight is 268 g/mol. The first-order chi connectivity index (χ1) is 9.34. The third-order valence-electron chi connectivity index (χ3n) is 4.23. The van der Waals surface area contributed by atoms with Crippen LogP contribution >= 0.6 is 0 Å². The van der Waals surface area contributed by atoms with Crippen molar-refractivity contribution in [2.75, 3.05) is 6.61 Å². The van der Waals surface area contributed by atoms with E-state index in [4.69, 9.17) is 4.74 Å². The molecule has 1 aliphatic rings. The Bertz CT molecular complexity index is 211. The molecule has 0 spiro atoms. The molecular formula is C17H32O2. The van der Waals surface area contributed by atoms with Gasteiger partial charge in [0.05, 0.1) is 12.5 Å². The van der Waals surface area contributed by atoms with Crippen LogP contribution in [0.1, 0.15) is 90.4 Å². The first-order valence-corrected chi connectivity index (χ1v) is 8.51. The highest BCUT2D eigenvalue weighted by Gasteiger charge is 2.18. The van der Waals surface area contributed by atoms with E-state index in [2.05, 4.69) is 0 Å². The first-order valence-electron chi connectivity index (χ1n) is 8.51. The van der Waals surface area contributed by atoms with E-state index in [0.29, 0.717) is 6.61 Å². The third kappa shape index (κ3) is 8.28. The zero-order valence-corrected chi connectivity index (χ0v) is 12.8. The molecule has 112 valence electrons. The molecule has 1 aliphatic carbocycles. The summed E-state index contributed by atoms with van der Waals surface area (Å²) in [5, 5.41) is 0. The minimum absolute atomic E-state index is 0.0506. The molecule has 0 atom stereocenters. The summed E-state index contributed by atoms with van der Waals surface area (Å²) in [4.78, 5) is 11.9. The topological polar surface area (TPSA) is 26.3 Å². The molecule has 2 nitrogen and oxygen atoms in total. The minimum Gasteiger partial charge on any atom is -0.466 e. The van der Waals surface area contributed by atoms with Gasteiger partial charge in [0.1, 0.15) is 0 Å². The quantitative estimate of drug-likeness (QED) is 0.639. The maximum Gasteiger partial charge on any atom is 0.308 e. The van der Waals surface area contributed by atoms with Crippen molar-refractivity contribution < 1.29 is 9.53 Å². The standard InChI is InChI=1S/C17H32O2/c1-2-19-17(18)16-14-12-10-8-6-4-3-5-7-9-11-13-15-16/h16H,2-15H2,1H3. The summed E-state index contributed by atoms with van der Waals surface area (Å²) in [5.41, 5.74) is 0. The Labute approximate surface area is 119 Å². The van der Waals surface area contributed by atoms with Crippen molar-refractivity contribution in [1.82, 2.24) is 0 Å². The van der Waals surface area contributed by atoms with Gasteiger partial charge in [0.25, 0.3) is 0 Å². The van der Waals surface area contributed by atoms with Crippen molar-refractivity contribution in [1.29, 1.82) is 0 Å². The fraction of sp³-hybridized carbons (Fsp3) is 0.941. The Morgan fingerprint density at radius 1 is 0.789 bits per heavy atom. The van der Waals surface area contributed by atoms with Crippen molar-refractivity contribution in [3.05, 3.63) is 0 Å². The van der Waals surface area contributed by atoms with E-state index in [1.165, 1.54) is 70.6 Å². The number of hydrogen-bond donors (Lipinski definition) is 0. The van der Waals surface area contributed by atoms with Gasteiger partial charge in [-0.25, -0.2) is 0 Å². The van der Waals surface area contributed by atoms with Crippen LogP contribution in [0.5, 0.6) is 0 Å². The monoisotopic (exact) mass is 268 g/mol. The summed E-state index contributed by atoms with van der Waals surface area (Å²) in [6.45, 7) is 2.43. The Balaban J connectivity index is 2.33. The van der Waals surface area contributed by atoms with E-state index in [1.54, 1.807) is 0 Å². The molecule has 1 saturated carbocycles. The van der Waals surface area contributed by atoms with Gasteiger partial charge >= 0.3 is 5.97 Å². The minimum atomic E-state index is 0.0506. The zero-order valence-electron chi connectivity index (χ0n) is 12.8. The molecule has 1 fully saturated rings. The van der Waals surface area contributed by atoms with Crippen molar-refractivity contribution in [3.63, 3.8) is 0 Å². The molecule has 19 heavy (non-hydrogen) atoms. The van der Waals surface area contributed by atoms with Crippen LogP contribution in [0.25, 0.3) is 0 Å². The van der Waals surface area contributed by atoms with Crippen LogP contribution in [0.2, 0.25) is 0 Å². The normalized spacial score (nSPS) is 21.5. The average Bonchev–Trinajstić information content (AvgIpc) is 2.41. The molecule has 0 saturated heterocycles. The Hall–Kier alpha value is -0.530. The van der Waals surface area contributed by atoms with E-state index in [-0.39, 0.29) is 11.9 Å². The van der Waals surface area contributed by atoms with Gasteiger partial charge in [-0.2, -0.15) is 0 Å². The molecule has 0 aromatic heterocycles. The lowest BCUT2D eigenvalue weighted by atomic mass is 9.93. The van der Waals surface area contributed by atoms with E-state index in [0.717, 1.165) is 12.8 Å². The summed E-state index contributed by atoms with van der Waals surface area (Å²) in [5.74, 6) is 0.220. The maximum absolute atomic E-state index is 11.9. The number of carbonyl (C=O) groups is 1. The molecule has 2 heteroatoms. The lowest BCUT2D eigenvalue weighted by molar-refractivity contribution is -0.148. The fourth-order valence-electron chi connectivity index (χ4n) is 3.01. The first kappa shape index (κ1) is 16.5. The SMILES string of the molecule is CCOC(=O)C1CCCCCCCCCCCCC1. The van der Waals surface area contributed by atoms with Crippen LogP contribution in [0.4, 0.5) is 0 Å². The Kier molecular flexibility index (Phi) is 9.84. The summed E-state index contributed by atoms with van der Waals surface area (Å²) in [6, 6.07) is 0. The molecule has 0 aliphatic heterocycles. The summed E-state index contributed by atoms with van der Waals surface area (Å²) in [6.07, 6.45) is 16.7. The number of hydrogen-bond acceptors (Lipinski definition) is 2. The second-order valence-corrected chi connectivity index (χ2v) is 5.92. The van der Waals surface area contributed by atoms with Crippen LogP contribution in [0, 0.1) is 5.92 Å². The highest BCUT2D eigenvalue weighted by molar-refractivity contribution is 5.72. The molecule has 0 unspecified atom stereocenters. The van der Waals surface area contributed by atoms with Crippen LogP contribution in [-0.2, 0) is 9.53 Å². The maximum atomic E-state index is 11.9. The van der Waals surface area contributed by atoms with E-state index >= 15 is 0 Å². The molecule has 0 N–H and O–H groups in total. The van der Waals surface area contributed by atoms with Crippen LogP contribution in [0.3, 0.4) is 0 Å². The number of rotatable bonds is 2. The van der Waals surface area contributed by atoms with Gasteiger partial charge in [-0.15, -0.1) is 0 Å². The predicted molar refractivity (Wildman–Crippen MR) is 80.1 cm³/mol. The molecule has 0 aromatic rings. The number of ether oxygens (including phenoxy) is 1. The Morgan fingerprint density at radius 3 is 1.53 bits per heavy atom. The largest absolute Gasteiger partial charge is 0.466 e. The summed E-state index contributed by atoms with van der Waals surface area (Å²) in [7, 11) is 0. The van der Waals surface area contributed by atoms with Gasteiger partial charge < -0.3 is 4.74 Å². The third-order valence-corrected chi connectivity index (χ3v) is 4.23. The van der Waals surface area contributed by atoms with Crippen LogP contribution < -0.4 is 0 Å². The Morgan fingerprint density at radius 2 is 1.16 bits per heavy atom. The van der Waals surface area contributed by atoms with Crippen molar-refractivity contribution in [2.45, 2.75) is 90.4 Å². The molecule has 0 radical (unpaired) electrons. The lowest BCUT2D eigenvalue weighted by Crippen LogP contribution is -2.18. The molecular weight excluding hydrogens is 236 g/mol. The van der Waals surface area contributed by atoms with Crippen molar-refractivity contribution in [2.24, 2.45) is 5.92 Å². The van der Waals surface area contributed by atoms with Crippen LogP contribution in [-0.4, -0.2) is 12.6 Å². The molecule has 0 aromatic carbocycles. The van der Waals surface area contributed by atoms with Gasteiger partial charge in [0, 0.05) is 0 Å². The predicted octanol–water partition coefficient (Wildman–Crippen LogP) is 5.25. The second kappa shape index (κ2) is 11.3. The number of esters is 1. The smallest absolute Gasteiger partial charge is 0.308 e. The lowest BCUT2D eigenvalue weighted by Gasteiger charge is -2.16. The van der Waals surface area contributed by atoms with Gasteiger partial charge in [-0.05, 0) is 19.8 Å².